The quantitative estimate of drug-likeness (QED) is 0.429. The minimum Gasteiger partial charge on any atom is -0.361 e. The summed E-state index contributed by atoms with van der Waals surface area (Å²) in [6, 6.07) is 0. The average molecular weight is 431 g/mol. The van der Waals surface area contributed by atoms with Crippen molar-refractivity contribution >= 4 is 19.4 Å². The van der Waals surface area contributed by atoms with Crippen LogP contribution in [-0.2, 0) is 33.6 Å². The van der Waals surface area contributed by atoms with Crippen LogP contribution in [0.25, 0.3) is 11.2 Å². The second-order valence-corrected chi connectivity index (χ2v) is 7.00. The Morgan fingerprint density at radius 1 is 1.10 bits per heavy atom. The Balaban J connectivity index is 0.000000960. The highest BCUT2D eigenvalue weighted by Crippen LogP contribution is 2.14. The van der Waals surface area contributed by atoms with Crippen LogP contribution in [0.3, 0.4) is 0 Å². The van der Waals surface area contributed by atoms with Crippen LogP contribution in [0.4, 0.5) is 0 Å². The van der Waals surface area contributed by atoms with E-state index in [-0.39, 0.29) is 19.9 Å². The van der Waals surface area contributed by atoms with E-state index in [0.717, 1.165) is 4.57 Å². The average Bonchev–Trinajstić information content (AvgIpc) is 3.12. The first-order valence-electron chi connectivity index (χ1n) is 9.97. The number of aryl methyl sites for hydroxylation is 1. The predicted molar refractivity (Wildman–Crippen MR) is 111 cm³/mol. The molecule has 29 heavy (non-hydrogen) atoms. The van der Waals surface area contributed by atoms with Crippen LogP contribution < -0.4 is 11.2 Å². The lowest BCUT2D eigenvalue weighted by molar-refractivity contribution is 0.0903. The molecule has 2 rings (SSSR count). The van der Waals surface area contributed by atoms with Crippen LogP contribution in [0.2, 0.25) is 0 Å². The molecular weight excluding hydrogens is 399 g/mol. The third kappa shape index (κ3) is 7.15. The van der Waals surface area contributed by atoms with Gasteiger partial charge in [0.2, 0.25) is 0 Å². The molecule has 11 heteroatoms. The van der Waals surface area contributed by atoms with E-state index >= 15 is 0 Å². The van der Waals surface area contributed by atoms with Gasteiger partial charge in [-0.1, -0.05) is 26.7 Å². The maximum atomic E-state index is 12.7. The fraction of sp³-hybridized carbons (Fsp3) is 0.722. The Morgan fingerprint density at radius 3 is 2.34 bits per heavy atom. The first-order chi connectivity index (χ1) is 13.9. The van der Waals surface area contributed by atoms with Crippen molar-refractivity contribution in [3.63, 3.8) is 0 Å². The van der Waals surface area contributed by atoms with Gasteiger partial charge in [-0.05, 0) is 26.7 Å². The van der Waals surface area contributed by atoms with E-state index in [9.17, 15) is 14.2 Å². The normalized spacial score (nSPS) is 11.4. The Kier molecular flexibility index (Phi) is 11.6. The molecule has 0 aromatic carbocycles. The number of fused-ring (bicyclic) bond motifs is 1. The van der Waals surface area contributed by atoms with Crippen molar-refractivity contribution in [2.24, 2.45) is 0 Å². The number of unbranched alkanes of at least 4 members (excludes halogenated alkanes) is 2. The lowest BCUT2D eigenvalue weighted by atomic mass is 10.3. The number of hydrogen-bond donors (Lipinski definition) is 1. The summed E-state index contributed by atoms with van der Waals surface area (Å²) in [5, 5.41) is 0. The van der Waals surface area contributed by atoms with Crippen LogP contribution in [0.1, 0.15) is 53.4 Å². The summed E-state index contributed by atoms with van der Waals surface area (Å²) in [7, 11) is -2.63. The van der Waals surface area contributed by atoms with Crippen molar-refractivity contribution in [3.05, 3.63) is 27.2 Å². The summed E-state index contributed by atoms with van der Waals surface area (Å²) < 4.78 is 24.6. The molecule has 2 aromatic rings. The van der Waals surface area contributed by atoms with E-state index in [1.807, 2.05) is 13.8 Å². The van der Waals surface area contributed by atoms with Gasteiger partial charge in [-0.25, -0.2) is 9.78 Å². The highest BCUT2D eigenvalue weighted by atomic mass is 31.1. The molecule has 0 bridgehead atoms. The molecule has 164 valence electrons. The first-order valence-corrected chi connectivity index (χ1v) is 11.1. The molecule has 0 amide bonds. The monoisotopic (exact) mass is 431 g/mol. The van der Waals surface area contributed by atoms with Gasteiger partial charge in [0, 0.05) is 24.3 Å². The van der Waals surface area contributed by atoms with Crippen molar-refractivity contribution < 1.29 is 18.7 Å². The lowest BCUT2D eigenvalue weighted by Gasteiger charge is -2.11. The summed E-state index contributed by atoms with van der Waals surface area (Å²) >= 11 is 0. The Hall–Kier alpha value is -1.87. The third-order valence-electron chi connectivity index (χ3n) is 4.21. The summed E-state index contributed by atoms with van der Waals surface area (Å²) in [4.78, 5) is 38.1. The van der Waals surface area contributed by atoms with Gasteiger partial charge in [-0.15, -0.1) is 9.42 Å². The molecule has 0 saturated carbocycles. The van der Waals surface area contributed by atoms with Gasteiger partial charge in [-0.3, -0.25) is 13.9 Å². The topological polar surface area (TPSA) is 118 Å². The van der Waals surface area contributed by atoms with Crippen LogP contribution in [0, 0.1) is 0 Å². The number of nitrogens with zero attached hydrogens (tertiary/aromatic N) is 4. The van der Waals surface area contributed by atoms with E-state index in [2.05, 4.69) is 23.4 Å². The second kappa shape index (κ2) is 13.4. The lowest BCUT2D eigenvalue weighted by Crippen LogP contribution is -2.40. The summed E-state index contributed by atoms with van der Waals surface area (Å²) in [5.41, 5.74) is -0.175. The van der Waals surface area contributed by atoms with Crippen LogP contribution in [0.15, 0.2) is 15.9 Å². The minimum absolute atomic E-state index is 0.0902. The molecular formula is C18H32N4O6P+. The third-order valence-corrected chi connectivity index (χ3v) is 4.62. The molecule has 0 aliphatic rings. The zero-order valence-electron chi connectivity index (χ0n) is 17.7. The summed E-state index contributed by atoms with van der Waals surface area (Å²) in [5.74, 6) is 0. The van der Waals surface area contributed by atoms with Gasteiger partial charge >= 0.3 is 13.9 Å². The molecule has 0 saturated heterocycles. The fourth-order valence-electron chi connectivity index (χ4n) is 2.52. The van der Waals surface area contributed by atoms with E-state index in [1.165, 1.54) is 23.7 Å². The molecule has 0 aliphatic carbocycles. The van der Waals surface area contributed by atoms with Crippen LogP contribution in [0.5, 0.6) is 0 Å². The summed E-state index contributed by atoms with van der Waals surface area (Å²) in [6.07, 6.45) is 5.05. The molecule has 2 aromatic heterocycles. The van der Waals surface area contributed by atoms with Crippen molar-refractivity contribution in [1.29, 1.82) is 0 Å². The van der Waals surface area contributed by atoms with Gasteiger partial charge in [0.15, 0.2) is 11.2 Å². The van der Waals surface area contributed by atoms with Gasteiger partial charge in [0.1, 0.15) is 13.3 Å². The standard InChI is InChI=1S/C14H21N4O6P.C4H10/c1-3-17-12-11(16(9-15-12)10-23-4-2)13(19)18(14(17)20)7-5-6-8-24-25(21)22;1-3-4-2/h9H,3-8,10H2,1-2H3;3-4H2,1-2H3/p+1. The maximum absolute atomic E-state index is 12.7. The van der Waals surface area contributed by atoms with Crippen LogP contribution >= 0.6 is 8.25 Å². The molecule has 10 nitrogen and oxygen atoms in total. The van der Waals surface area contributed by atoms with E-state index in [0.29, 0.717) is 37.2 Å². The molecule has 1 unspecified atom stereocenters. The van der Waals surface area contributed by atoms with Gasteiger partial charge in [0.05, 0.1) is 6.33 Å². The smallest absolute Gasteiger partial charge is 0.361 e. The number of aromatic nitrogens is 4. The highest BCUT2D eigenvalue weighted by molar-refractivity contribution is 7.32. The predicted octanol–water partition coefficient (Wildman–Crippen LogP) is 2.63. The van der Waals surface area contributed by atoms with E-state index in [4.69, 9.17) is 9.63 Å². The van der Waals surface area contributed by atoms with E-state index < -0.39 is 19.5 Å². The fourth-order valence-corrected chi connectivity index (χ4v) is 2.81. The number of imidazole rings is 1. The molecule has 0 fully saturated rings. The molecule has 1 N–H and O–H groups in total. The minimum atomic E-state index is -2.63. The largest absolute Gasteiger partial charge is 0.694 e. The van der Waals surface area contributed by atoms with Crippen molar-refractivity contribution in [2.75, 3.05) is 13.2 Å². The number of rotatable bonds is 11. The second-order valence-electron chi connectivity index (χ2n) is 6.27. The maximum Gasteiger partial charge on any atom is 0.694 e. The van der Waals surface area contributed by atoms with Crippen LogP contribution in [-0.4, -0.2) is 36.8 Å². The zero-order valence-corrected chi connectivity index (χ0v) is 18.6. The Labute approximate surface area is 171 Å². The van der Waals surface area contributed by atoms with Crippen molar-refractivity contribution in [2.45, 2.75) is 73.2 Å². The van der Waals surface area contributed by atoms with Gasteiger partial charge < -0.3 is 9.30 Å². The summed E-state index contributed by atoms with van der Waals surface area (Å²) in [6.45, 7) is 9.36. The molecule has 2 heterocycles. The molecule has 0 radical (unpaired) electrons. The Bertz CT molecular complexity index is 887. The number of hydrogen-bond acceptors (Lipinski definition) is 6. The SMILES string of the molecule is CCCC.CCOCn1cnc2c1c(=O)n(CCCCO[P+](=O)O)c(=O)n2CC. The Morgan fingerprint density at radius 2 is 1.79 bits per heavy atom. The van der Waals surface area contributed by atoms with Gasteiger partial charge in [-0.2, -0.15) is 0 Å². The molecule has 1 atom stereocenters. The number of ether oxygens (including phenoxy) is 1. The van der Waals surface area contributed by atoms with Crippen molar-refractivity contribution in [3.8, 4) is 0 Å². The highest BCUT2D eigenvalue weighted by Gasteiger charge is 2.17. The first kappa shape index (κ1) is 25.2. The molecule has 0 aliphatic heterocycles. The zero-order chi connectivity index (χ0) is 21.8. The van der Waals surface area contributed by atoms with Crippen molar-refractivity contribution in [1.82, 2.24) is 18.7 Å². The van der Waals surface area contributed by atoms with E-state index in [1.54, 1.807) is 4.57 Å². The van der Waals surface area contributed by atoms with Gasteiger partial charge in [0.25, 0.3) is 5.56 Å². The molecule has 0 spiro atoms.